The highest BCUT2D eigenvalue weighted by atomic mass is 19.1. The summed E-state index contributed by atoms with van der Waals surface area (Å²) in [6, 6.07) is 2.07. The van der Waals surface area contributed by atoms with Gasteiger partial charge in [-0.25, -0.2) is 4.39 Å². The number of rotatable bonds is 4. The van der Waals surface area contributed by atoms with Crippen molar-refractivity contribution in [1.29, 1.82) is 5.26 Å². The Morgan fingerprint density at radius 2 is 1.88 bits per heavy atom. The Bertz CT molecular complexity index is 331. The van der Waals surface area contributed by atoms with E-state index in [-0.39, 0.29) is 5.83 Å². The van der Waals surface area contributed by atoms with E-state index in [9.17, 15) is 4.39 Å². The van der Waals surface area contributed by atoms with Gasteiger partial charge in [0.05, 0.1) is 5.57 Å². The fraction of sp³-hybridized carbons (Fsp3) is 0.500. The van der Waals surface area contributed by atoms with Crippen LogP contribution in [0.3, 0.4) is 0 Å². The molecule has 0 fully saturated rings. The molecule has 3 heteroatoms. The first kappa shape index (κ1) is 17.8. The quantitative estimate of drug-likeness (QED) is 0.542. The van der Waals surface area contributed by atoms with Crippen LogP contribution in [0.5, 0.6) is 0 Å². The van der Waals surface area contributed by atoms with E-state index in [0.717, 1.165) is 0 Å². The number of allylic oxidation sites excluding steroid dienone is 5. The highest BCUT2D eigenvalue weighted by Crippen LogP contribution is 2.16. The maximum atomic E-state index is 13.0. The topological polar surface area (TPSA) is 27.0 Å². The van der Waals surface area contributed by atoms with Crippen LogP contribution < -0.4 is 0 Å². The molecular formula is C14H23FN2. The van der Waals surface area contributed by atoms with Crippen molar-refractivity contribution >= 4 is 0 Å². The zero-order valence-corrected chi connectivity index (χ0v) is 11.7. The van der Waals surface area contributed by atoms with Crippen molar-refractivity contribution < 1.29 is 4.39 Å². The number of nitriles is 1. The van der Waals surface area contributed by atoms with Gasteiger partial charge >= 0.3 is 0 Å². The lowest BCUT2D eigenvalue weighted by molar-refractivity contribution is 0.560. The van der Waals surface area contributed by atoms with Gasteiger partial charge in [0.1, 0.15) is 11.9 Å². The molecule has 96 valence electrons. The third kappa shape index (κ3) is 8.27. The molecule has 0 aromatic rings. The Kier molecular flexibility index (Phi) is 11.5. The number of hydrogen-bond acceptors (Lipinski definition) is 2. The number of halogens is 1. The summed E-state index contributed by atoms with van der Waals surface area (Å²) in [5.41, 5.74) is 1.21. The molecule has 0 saturated heterocycles. The minimum atomic E-state index is -0.313. The van der Waals surface area contributed by atoms with E-state index in [1.807, 2.05) is 34.9 Å². The summed E-state index contributed by atoms with van der Waals surface area (Å²) in [4.78, 5) is 1.77. The average Bonchev–Trinajstić information content (AvgIpc) is 2.35. The molecule has 0 N–H and O–H groups in total. The third-order valence-electron chi connectivity index (χ3n) is 1.82. The molecule has 0 saturated carbocycles. The zero-order valence-electron chi connectivity index (χ0n) is 11.7. The van der Waals surface area contributed by atoms with Crippen LogP contribution in [0.4, 0.5) is 4.39 Å². The van der Waals surface area contributed by atoms with E-state index < -0.39 is 0 Å². The van der Waals surface area contributed by atoms with E-state index in [1.54, 1.807) is 18.0 Å². The molecule has 0 rings (SSSR count). The summed E-state index contributed by atoms with van der Waals surface area (Å²) in [6.45, 7) is 7.52. The third-order valence-corrected chi connectivity index (χ3v) is 1.82. The molecule has 0 heterocycles. The maximum absolute atomic E-state index is 13.0. The van der Waals surface area contributed by atoms with E-state index >= 15 is 0 Å². The van der Waals surface area contributed by atoms with Crippen LogP contribution in [-0.2, 0) is 0 Å². The molecule has 0 amide bonds. The molecular weight excluding hydrogens is 215 g/mol. The van der Waals surface area contributed by atoms with Crippen LogP contribution in [0.15, 0.2) is 35.3 Å². The first-order valence-electron chi connectivity index (χ1n) is 5.86. The molecule has 0 spiro atoms. The number of hydrogen-bond donors (Lipinski definition) is 0. The summed E-state index contributed by atoms with van der Waals surface area (Å²) < 4.78 is 13.0. The maximum Gasteiger partial charge on any atom is 0.119 e. The van der Waals surface area contributed by atoms with Crippen molar-refractivity contribution in [2.24, 2.45) is 0 Å². The molecule has 0 aliphatic carbocycles. The monoisotopic (exact) mass is 238 g/mol. The highest BCUT2D eigenvalue weighted by molar-refractivity contribution is 5.43. The van der Waals surface area contributed by atoms with Gasteiger partial charge in [-0.05, 0) is 25.0 Å². The first-order chi connectivity index (χ1) is 8.04. The second kappa shape index (κ2) is 10.9. The first-order valence-corrected chi connectivity index (χ1v) is 5.86. The SMILES string of the molecule is CC.C\C=C(F)/C=C(CC)/C(C#N)=C/N(C)C. The van der Waals surface area contributed by atoms with E-state index in [0.29, 0.717) is 17.6 Å². The van der Waals surface area contributed by atoms with Crippen LogP contribution in [-0.4, -0.2) is 19.0 Å². The van der Waals surface area contributed by atoms with Crippen molar-refractivity contribution in [2.75, 3.05) is 14.1 Å². The smallest absolute Gasteiger partial charge is 0.119 e. The van der Waals surface area contributed by atoms with Gasteiger partial charge in [-0.1, -0.05) is 26.8 Å². The lowest BCUT2D eigenvalue weighted by Gasteiger charge is -2.08. The minimum absolute atomic E-state index is 0.313. The van der Waals surface area contributed by atoms with Gasteiger partial charge in [-0.2, -0.15) is 5.26 Å². The van der Waals surface area contributed by atoms with Crippen molar-refractivity contribution in [1.82, 2.24) is 4.90 Å². The Balaban J connectivity index is 0. The molecule has 0 aromatic carbocycles. The van der Waals surface area contributed by atoms with E-state index in [2.05, 4.69) is 6.07 Å². The molecule has 0 radical (unpaired) electrons. The van der Waals surface area contributed by atoms with Crippen LogP contribution >= 0.6 is 0 Å². The summed E-state index contributed by atoms with van der Waals surface area (Å²) in [7, 11) is 3.66. The highest BCUT2D eigenvalue weighted by Gasteiger charge is 2.03. The van der Waals surface area contributed by atoms with E-state index in [4.69, 9.17) is 5.26 Å². The normalized spacial score (nSPS) is 12.5. The molecule has 0 aliphatic heterocycles. The summed E-state index contributed by atoms with van der Waals surface area (Å²) in [5, 5.41) is 8.93. The molecule has 0 aromatic heterocycles. The molecule has 2 nitrogen and oxygen atoms in total. The Morgan fingerprint density at radius 1 is 1.35 bits per heavy atom. The van der Waals surface area contributed by atoms with Crippen molar-refractivity contribution in [3.63, 3.8) is 0 Å². The fourth-order valence-corrected chi connectivity index (χ4v) is 1.06. The number of nitrogens with zero attached hydrogens (tertiary/aromatic N) is 2. The Labute approximate surface area is 105 Å². The Morgan fingerprint density at radius 3 is 2.18 bits per heavy atom. The second-order valence-electron chi connectivity index (χ2n) is 3.31. The van der Waals surface area contributed by atoms with Gasteiger partial charge in [0.15, 0.2) is 0 Å². The standard InChI is InChI=1S/C12H17FN2.C2H6/c1-5-10(7-12(13)6-2)11(8-14)9-15(3)4;1-2/h6-7,9H,5H2,1-4H3;1-2H3/b10-7+,11-9+,12-6+;. The summed E-state index contributed by atoms with van der Waals surface area (Å²) in [5.74, 6) is -0.313. The molecule has 17 heavy (non-hydrogen) atoms. The molecule has 0 bridgehead atoms. The van der Waals surface area contributed by atoms with Gasteiger partial charge in [0.25, 0.3) is 0 Å². The van der Waals surface area contributed by atoms with Crippen LogP contribution in [0.2, 0.25) is 0 Å². The lowest BCUT2D eigenvalue weighted by atomic mass is 10.0. The minimum Gasteiger partial charge on any atom is -0.382 e. The predicted molar refractivity (Wildman–Crippen MR) is 72.0 cm³/mol. The zero-order chi connectivity index (χ0) is 13.8. The van der Waals surface area contributed by atoms with Gasteiger partial charge in [-0.15, -0.1) is 0 Å². The Hall–Kier alpha value is -1.56. The molecule has 0 atom stereocenters. The van der Waals surface area contributed by atoms with Gasteiger partial charge in [-0.3, -0.25) is 0 Å². The molecule has 0 unspecified atom stereocenters. The van der Waals surface area contributed by atoms with Crippen molar-refractivity contribution in [3.05, 3.63) is 35.3 Å². The van der Waals surface area contributed by atoms with Gasteiger partial charge in [0.2, 0.25) is 0 Å². The molecule has 0 aliphatic rings. The summed E-state index contributed by atoms with van der Waals surface area (Å²) >= 11 is 0. The summed E-state index contributed by atoms with van der Waals surface area (Å²) in [6.07, 6.45) is 5.10. The van der Waals surface area contributed by atoms with Crippen molar-refractivity contribution in [2.45, 2.75) is 34.1 Å². The average molecular weight is 238 g/mol. The fourth-order valence-electron chi connectivity index (χ4n) is 1.06. The van der Waals surface area contributed by atoms with Crippen LogP contribution in [0.1, 0.15) is 34.1 Å². The van der Waals surface area contributed by atoms with Crippen molar-refractivity contribution in [3.8, 4) is 6.07 Å². The van der Waals surface area contributed by atoms with Crippen LogP contribution in [0.25, 0.3) is 0 Å². The predicted octanol–water partition coefficient (Wildman–Crippen LogP) is 4.19. The van der Waals surface area contributed by atoms with E-state index in [1.165, 1.54) is 12.2 Å². The van der Waals surface area contributed by atoms with Gasteiger partial charge in [0, 0.05) is 20.3 Å². The van der Waals surface area contributed by atoms with Crippen LogP contribution in [0, 0.1) is 11.3 Å². The lowest BCUT2D eigenvalue weighted by Crippen LogP contribution is -2.03. The second-order valence-corrected chi connectivity index (χ2v) is 3.31. The largest absolute Gasteiger partial charge is 0.382 e. The van der Waals surface area contributed by atoms with Gasteiger partial charge < -0.3 is 4.90 Å².